The molecular formula is C25H26N4O3. The summed E-state index contributed by atoms with van der Waals surface area (Å²) in [5.41, 5.74) is 3.30. The average Bonchev–Trinajstić information content (AvgIpc) is 3.18. The number of ether oxygens (including phenoxy) is 1. The predicted octanol–water partition coefficient (Wildman–Crippen LogP) is 4.31. The van der Waals surface area contributed by atoms with E-state index >= 15 is 0 Å². The van der Waals surface area contributed by atoms with Crippen LogP contribution in [0.3, 0.4) is 0 Å². The Morgan fingerprint density at radius 1 is 1.09 bits per heavy atom. The summed E-state index contributed by atoms with van der Waals surface area (Å²) < 4.78 is 8.54. The number of amides is 1. The third kappa shape index (κ3) is 4.42. The molecule has 0 fully saturated rings. The van der Waals surface area contributed by atoms with Crippen LogP contribution < -0.4 is 15.6 Å². The van der Waals surface area contributed by atoms with Gasteiger partial charge >= 0.3 is 0 Å². The van der Waals surface area contributed by atoms with Crippen LogP contribution in [0.25, 0.3) is 22.2 Å². The number of methoxy groups -OCH3 is 1. The topological polar surface area (TPSA) is 78.2 Å². The lowest BCUT2D eigenvalue weighted by molar-refractivity contribution is -0.116. The molecule has 2 aromatic heterocycles. The van der Waals surface area contributed by atoms with Crippen LogP contribution in [0.5, 0.6) is 5.75 Å². The molecule has 2 heterocycles. The van der Waals surface area contributed by atoms with E-state index in [9.17, 15) is 9.59 Å². The van der Waals surface area contributed by atoms with E-state index in [-0.39, 0.29) is 18.0 Å². The lowest BCUT2D eigenvalue weighted by atomic mass is 10.1. The standard InChI is InChI=1S/C25H26N4O3/c1-3-4-13-28-17-26-23-21(18-9-6-5-7-10-18)15-29(24(23)25(28)31)16-22(30)27-19-11-8-12-20(14-19)32-2/h5-12,14-15,17H,3-4,13,16H2,1-2H3,(H,27,30). The predicted molar refractivity (Wildman–Crippen MR) is 126 cm³/mol. The van der Waals surface area contributed by atoms with Gasteiger partial charge in [-0.05, 0) is 24.1 Å². The van der Waals surface area contributed by atoms with Gasteiger partial charge in [-0.15, -0.1) is 0 Å². The smallest absolute Gasteiger partial charge is 0.277 e. The Labute approximate surface area is 186 Å². The molecule has 2 aromatic carbocycles. The van der Waals surface area contributed by atoms with Gasteiger partial charge in [0.2, 0.25) is 5.91 Å². The molecule has 0 radical (unpaired) electrons. The summed E-state index contributed by atoms with van der Waals surface area (Å²) in [5.74, 6) is 0.418. The number of aryl methyl sites for hydroxylation is 1. The summed E-state index contributed by atoms with van der Waals surface area (Å²) in [6, 6.07) is 16.9. The van der Waals surface area contributed by atoms with Crippen LogP contribution in [0.15, 0.2) is 71.9 Å². The number of carbonyl (C=O) groups is 1. The number of hydrogen-bond donors (Lipinski definition) is 1. The van der Waals surface area contributed by atoms with Gasteiger partial charge in [-0.2, -0.15) is 0 Å². The molecule has 0 aliphatic carbocycles. The van der Waals surface area contributed by atoms with Crippen molar-refractivity contribution in [2.24, 2.45) is 0 Å². The molecule has 1 amide bonds. The Hall–Kier alpha value is -3.87. The van der Waals surface area contributed by atoms with E-state index in [0.29, 0.717) is 29.0 Å². The number of unbranched alkanes of at least 4 members (excludes halogenated alkanes) is 1. The van der Waals surface area contributed by atoms with Crippen LogP contribution in [0, 0.1) is 0 Å². The Morgan fingerprint density at radius 2 is 1.91 bits per heavy atom. The molecule has 0 unspecified atom stereocenters. The first-order chi connectivity index (χ1) is 15.6. The van der Waals surface area contributed by atoms with E-state index in [2.05, 4.69) is 17.2 Å². The van der Waals surface area contributed by atoms with Gasteiger partial charge in [0.25, 0.3) is 5.56 Å². The van der Waals surface area contributed by atoms with Crippen molar-refractivity contribution in [3.63, 3.8) is 0 Å². The number of carbonyl (C=O) groups excluding carboxylic acids is 1. The molecule has 0 spiro atoms. The summed E-state index contributed by atoms with van der Waals surface area (Å²) in [5, 5.41) is 2.88. The maximum atomic E-state index is 13.3. The van der Waals surface area contributed by atoms with Gasteiger partial charge in [0.05, 0.1) is 13.4 Å². The first-order valence-corrected chi connectivity index (χ1v) is 10.7. The number of rotatable bonds is 8. The van der Waals surface area contributed by atoms with E-state index in [1.165, 1.54) is 0 Å². The highest BCUT2D eigenvalue weighted by molar-refractivity contribution is 5.95. The molecule has 164 valence electrons. The largest absolute Gasteiger partial charge is 0.497 e. The van der Waals surface area contributed by atoms with E-state index in [4.69, 9.17) is 4.74 Å². The van der Waals surface area contributed by atoms with Gasteiger partial charge in [-0.25, -0.2) is 4.98 Å². The van der Waals surface area contributed by atoms with Crippen LogP contribution in [0.1, 0.15) is 19.8 Å². The van der Waals surface area contributed by atoms with Gasteiger partial charge < -0.3 is 14.6 Å². The molecule has 32 heavy (non-hydrogen) atoms. The fourth-order valence-electron chi connectivity index (χ4n) is 3.71. The van der Waals surface area contributed by atoms with Crippen LogP contribution in [0.4, 0.5) is 5.69 Å². The summed E-state index contributed by atoms with van der Waals surface area (Å²) in [7, 11) is 1.58. The van der Waals surface area contributed by atoms with Gasteiger partial charge in [0.1, 0.15) is 23.3 Å². The van der Waals surface area contributed by atoms with E-state index in [1.807, 2.05) is 48.7 Å². The second-order valence-electron chi connectivity index (χ2n) is 7.61. The maximum absolute atomic E-state index is 13.3. The van der Waals surface area contributed by atoms with Gasteiger partial charge in [0.15, 0.2) is 0 Å². The molecule has 0 saturated carbocycles. The van der Waals surface area contributed by atoms with Gasteiger partial charge in [-0.3, -0.25) is 14.2 Å². The van der Waals surface area contributed by atoms with Crippen molar-refractivity contribution >= 4 is 22.6 Å². The van der Waals surface area contributed by atoms with Crippen molar-refractivity contribution in [3.05, 3.63) is 77.5 Å². The number of benzene rings is 2. The van der Waals surface area contributed by atoms with E-state index in [0.717, 1.165) is 24.0 Å². The minimum Gasteiger partial charge on any atom is -0.497 e. The SMILES string of the molecule is CCCCn1cnc2c(-c3ccccc3)cn(CC(=O)Nc3cccc(OC)c3)c2c1=O. The summed E-state index contributed by atoms with van der Waals surface area (Å²) in [6.45, 7) is 2.67. The zero-order valence-electron chi connectivity index (χ0n) is 18.2. The molecule has 0 aliphatic rings. The van der Waals surface area contributed by atoms with Crippen LogP contribution >= 0.6 is 0 Å². The maximum Gasteiger partial charge on any atom is 0.277 e. The molecule has 7 nitrogen and oxygen atoms in total. The summed E-state index contributed by atoms with van der Waals surface area (Å²) >= 11 is 0. The fourth-order valence-corrected chi connectivity index (χ4v) is 3.71. The fraction of sp³-hybridized carbons (Fsp3) is 0.240. The highest BCUT2D eigenvalue weighted by atomic mass is 16.5. The van der Waals surface area contributed by atoms with Crippen molar-refractivity contribution in [2.45, 2.75) is 32.9 Å². The van der Waals surface area contributed by atoms with E-state index < -0.39 is 0 Å². The second-order valence-corrected chi connectivity index (χ2v) is 7.61. The van der Waals surface area contributed by atoms with Gasteiger partial charge in [-0.1, -0.05) is 49.7 Å². The average molecular weight is 431 g/mol. The number of nitrogens with zero attached hydrogens (tertiary/aromatic N) is 3. The third-order valence-corrected chi connectivity index (χ3v) is 5.35. The molecule has 0 saturated heterocycles. The Kier molecular flexibility index (Phi) is 6.35. The highest BCUT2D eigenvalue weighted by Crippen LogP contribution is 2.27. The molecule has 7 heteroatoms. The lowest BCUT2D eigenvalue weighted by Crippen LogP contribution is -2.25. The molecule has 1 N–H and O–H groups in total. The van der Waals surface area contributed by atoms with Crippen molar-refractivity contribution < 1.29 is 9.53 Å². The summed E-state index contributed by atoms with van der Waals surface area (Å²) in [6.07, 6.45) is 5.30. The zero-order valence-corrected chi connectivity index (χ0v) is 18.2. The van der Waals surface area contributed by atoms with Crippen molar-refractivity contribution in [1.29, 1.82) is 0 Å². The first-order valence-electron chi connectivity index (χ1n) is 10.7. The number of nitrogens with one attached hydrogen (secondary N) is 1. The van der Waals surface area contributed by atoms with Crippen LogP contribution in [-0.2, 0) is 17.9 Å². The number of aromatic nitrogens is 3. The normalized spacial score (nSPS) is 10.9. The molecular weight excluding hydrogens is 404 g/mol. The monoisotopic (exact) mass is 430 g/mol. The molecule has 0 bridgehead atoms. The lowest BCUT2D eigenvalue weighted by Gasteiger charge is -2.09. The zero-order chi connectivity index (χ0) is 22.5. The highest BCUT2D eigenvalue weighted by Gasteiger charge is 2.18. The number of anilines is 1. The van der Waals surface area contributed by atoms with E-state index in [1.54, 1.807) is 34.7 Å². The number of hydrogen-bond acceptors (Lipinski definition) is 4. The Balaban J connectivity index is 1.73. The van der Waals surface area contributed by atoms with Crippen LogP contribution in [-0.4, -0.2) is 27.1 Å². The molecule has 4 rings (SSSR count). The Morgan fingerprint density at radius 3 is 2.66 bits per heavy atom. The van der Waals surface area contributed by atoms with Crippen LogP contribution in [0.2, 0.25) is 0 Å². The number of fused-ring (bicyclic) bond motifs is 1. The van der Waals surface area contributed by atoms with Crippen molar-refractivity contribution in [3.8, 4) is 16.9 Å². The minimum atomic E-state index is -0.238. The summed E-state index contributed by atoms with van der Waals surface area (Å²) in [4.78, 5) is 30.7. The second kappa shape index (κ2) is 9.51. The Bertz CT molecular complexity index is 1290. The molecule has 0 aliphatic heterocycles. The molecule has 4 aromatic rings. The third-order valence-electron chi connectivity index (χ3n) is 5.35. The first kappa shape index (κ1) is 21.4. The van der Waals surface area contributed by atoms with Crippen molar-refractivity contribution in [1.82, 2.24) is 14.1 Å². The molecule has 0 atom stereocenters. The van der Waals surface area contributed by atoms with Gasteiger partial charge in [0, 0.05) is 30.1 Å². The minimum absolute atomic E-state index is 0.00471. The quantitative estimate of drug-likeness (QED) is 0.452. The van der Waals surface area contributed by atoms with Crippen molar-refractivity contribution in [2.75, 3.05) is 12.4 Å².